The van der Waals surface area contributed by atoms with E-state index in [0.29, 0.717) is 5.41 Å². The van der Waals surface area contributed by atoms with E-state index in [4.69, 9.17) is 0 Å². The Balaban J connectivity index is 2.36. The highest BCUT2D eigenvalue weighted by Gasteiger charge is 2.27. The van der Waals surface area contributed by atoms with E-state index in [-0.39, 0.29) is 5.54 Å². The first kappa shape index (κ1) is 15.3. The molecule has 0 amide bonds. The van der Waals surface area contributed by atoms with Gasteiger partial charge < -0.3 is 10.2 Å². The van der Waals surface area contributed by atoms with Crippen molar-refractivity contribution in [3.63, 3.8) is 0 Å². The van der Waals surface area contributed by atoms with Crippen LogP contribution in [0.4, 0.5) is 0 Å². The van der Waals surface area contributed by atoms with Crippen LogP contribution in [0, 0.1) is 5.41 Å². The molecular weight excluding hydrogens is 228 g/mol. The average Bonchev–Trinajstić information content (AvgIpc) is 2.66. The van der Waals surface area contributed by atoms with Crippen LogP contribution in [0.3, 0.4) is 0 Å². The molecule has 102 valence electrons. The van der Waals surface area contributed by atoms with Crippen molar-refractivity contribution in [3.05, 3.63) is 0 Å². The van der Waals surface area contributed by atoms with Crippen LogP contribution >= 0.6 is 11.8 Å². The Morgan fingerprint density at radius 3 is 2.35 bits per heavy atom. The van der Waals surface area contributed by atoms with E-state index in [1.807, 2.05) is 0 Å². The summed E-state index contributed by atoms with van der Waals surface area (Å²) in [5, 5.41) is 3.63. The van der Waals surface area contributed by atoms with E-state index in [9.17, 15) is 0 Å². The molecule has 0 radical (unpaired) electrons. The third-order valence-corrected chi connectivity index (χ3v) is 4.45. The van der Waals surface area contributed by atoms with Crippen molar-refractivity contribution in [2.75, 3.05) is 31.6 Å². The second kappa shape index (κ2) is 5.94. The van der Waals surface area contributed by atoms with Crippen molar-refractivity contribution in [1.82, 2.24) is 10.2 Å². The van der Waals surface area contributed by atoms with Crippen molar-refractivity contribution in [2.24, 2.45) is 5.41 Å². The molecule has 2 nitrogen and oxygen atoms in total. The number of hydrogen-bond donors (Lipinski definition) is 1. The topological polar surface area (TPSA) is 15.3 Å². The molecule has 1 aliphatic rings. The molecular formula is C14H30N2S. The molecule has 1 saturated heterocycles. The normalized spacial score (nSPS) is 22.4. The lowest BCUT2D eigenvalue weighted by atomic mass is 9.91. The van der Waals surface area contributed by atoms with Gasteiger partial charge in [0.1, 0.15) is 0 Å². The molecule has 0 aromatic rings. The van der Waals surface area contributed by atoms with Gasteiger partial charge in [0.25, 0.3) is 0 Å². The third kappa shape index (κ3) is 6.12. The molecule has 0 aliphatic carbocycles. The molecule has 3 heteroatoms. The molecule has 0 aromatic carbocycles. The van der Waals surface area contributed by atoms with Gasteiger partial charge in [0.15, 0.2) is 0 Å². The number of nitrogens with zero attached hydrogens (tertiary/aromatic N) is 1. The van der Waals surface area contributed by atoms with Crippen LogP contribution in [0.5, 0.6) is 0 Å². The number of hydrogen-bond acceptors (Lipinski definition) is 3. The Bertz CT molecular complexity index is 227. The minimum Gasteiger partial charge on any atom is -0.311 e. The fourth-order valence-electron chi connectivity index (χ4n) is 2.23. The van der Waals surface area contributed by atoms with E-state index in [1.54, 1.807) is 0 Å². The standard InChI is InChI=1S/C14H30N2S/c1-13(2,3)15-10-14(4,5)11-16(6)12-7-8-17-9-12/h12,15H,7-11H2,1-6H3. The van der Waals surface area contributed by atoms with Crippen LogP contribution in [0.1, 0.15) is 41.0 Å². The summed E-state index contributed by atoms with van der Waals surface area (Å²) in [7, 11) is 2.29. The smallest absolute Gasteiger partial charge is 0.0191 e. The van der Waals surface area contributed by atoms with Gasteiger partial charge >= 0.3 is 0 Å². The molecule has 0 saturated carbocycles. The van der Waals surface area contributed by atoms with Gasteiger partial charge in [-0.05, 0) is 45.4 Å². The molecule has 1 N–H and O–H groups in total. The monoisotopic (exact) mass is 258 g/mol. The van der Waals surface area contributed by atoms with Gasteiger partial charge in [-0.15, -0.1) is 0 Å². The summed E-state index contributed by atoms with van der Waals surface area (Å²) in [6.45, 7) is 13.7. The van der Waals surface area contributed by atoms with Gasteiger partial charge in [-0.2, -0.15) is 11.8 Å². The van der Waals surface area contributed by atoms with Crippen molar-refractivity contribution in [1.29, 1.82) is 0 Å². The van der Waals surface area contributed by atoms with Crippen molar-refractivity contribution < 1.29 is 0 Å². The van der Waals surface area contributed by atoms with Gasteiger partial charge in [0.2, 0.25) is 0 Å². The molecule has 17 heavy (non-hydrogen) atoms. The van der Waals surface area contributed by atoms with Crippen LogP contribution in [0.2, 0.25) is 0 Å². The summed E-state index contributed by atoms with van der Waals surface area (Å²) in [6.07, 6.45) is 1.37. The van der Waals surface area contributed by atoms with Crippen LogP contribution in [-0.2, 0) is 0 Å². The fraction of sp³-hybridized carbons (Fsp3) is 1.00. The van der Waals surface area contributed by atoms with E-state index in [1.165, 1.54) is 24.5 Å². The Morgan fingerprint density at radius 1 is 1.24 bits per heavy atom. The average molecular weight is 258 g/mol. The Hall–Kier alpha value is 0.270. The summed E-state index contributed by atoms with van der Waals surface area (Å²) in [6, 6.07) is 0.800. The highest BCUT2D eigenvalue weighted by Crippen LogP contribution is 2.25. The first-order valence-electron chi connectivity index (χ1n) is 6.73. The number of thioether (sulfide) groups is 1. The maximum atomic E-state index is 3.63. The number of nitrogens with one attached hydrogen (secondary N) is 1. The van der Waals surface area contributed by atoms with E-state index < -0.39 is 0 Å². The van der Waals surface area contributed by atoms with Gasteiger partial charge in [-0.3, -0.25) is 0 Å². The summed E-state index contributed by atoms with van der Waals surface area (Å²) in [5.41, 5.74) is 0.564. The van der Waals surface area contributed by atoms with Crippen molar-refractivity contribution >= 4 is 11.8 Å². The zero-order chi connectivity index (χ0) is 13.1. The minimum atomic E-state index is 0.221. The molecule has 0 spiro atoms. The van der Waals surface area contributed by atoms with Crippen LogP contribution in [0.15, 0.2) is 0 Å². The summed E-state index contributed by atoms with van der Waals surface area (Å²) in [5.74, 6) is 2.66. The molecule has 0 aromatic heterocycles. The Morgan fingerprint density at radius 2 is 1.88 bits per heavy atom. The fourth-order valence-corrected chi connectivity index (χ4v) is 3.53. The molecule has 0 bridgehead atoms. The van der Waals surface area contributed by atoms with Crippen LogP contribution in [-0.4, -0.2) is 48.1 Å². The van der Waals surface area contributed by atoms with E-state index in [2.05, 4.69) is 63.6 Å². The van der Waals surface area contributed by atoms with Crippen molar-refractivity contribution in [2.45, 2.75) is 52.6 Å². The molecule has 1 aliphatic heterocycles. The number of rotatable bonds is 5. The molecule has 1 unspecified atom stereocenters. The third-order valence-electron chi connectivity index (χ3n) is 3.30. The largest absolute Gasteiger partial charge is 0.311 e. The van der Waals surface area contributed by atoms with Gasteiger partial charge in [-0.25, -0.2) is 0 Å². The Labute approximate surface area is 112 Å². The van der Waals surface area contributed by atoms with E-state index >= 15 is 0 Å². The summed E-state index contributed by atoms with van der Waals surface area (Å²) < 4.78 is 0. The first-order valence-corrected chi connectivity index (χ1v) is 7.88. The zero-order valence-corrected chi connectivity index (χ0v) is 13.3. The van der Waals surface area contributed by atoms with Gasteiger partial charge in [0, 0.05) is 30.4 Å². The summed E-state index contributed by atoms with van der Waals surface area (Å²) >= 11 is 2.10. The molecule has 1 atom stereocenters. The first-order chi connectivity index (χ1) is 7.70. The Kier molecular flexibility index (Phi) is 5.36. The zero-order valence-electron chi connectivity index (χ0n) is 12.5. The maximum Gasteiger partial charge on any atom is 0.0191 e. The highest BCUT2D eigenvalue weighted by molar-refractivity contribution is 7.99. The predicted molar refractivity (Wildman–Crippen MR) is 79.9 cm³/mol. The lowest BCUT2D eigenvalue weighted by Crippen LogP contribution is -2.47. The van der Waals surface area contributed by atoms with Crippen LogP contribution in [0.25, 0.3) is 0 Å². The lowest BCUT2D eigenvalue weighted by Gasteiger charge is -2.36. The van der Waals surface area contributed by atoms with Crippen molar-refractivity contribution in [3.8, 4) is 0 Å². The van der Waals surface area contributed by atoms with E-state index in [0.717, 1.165) is 12.6 Å². The molecule has 1 rings (SSSR count). The predicted octanol–water partition coefficient (Wildman–Crippen LogP) is 2.84. The summed E-state index contributed by atoms with van der Waals surface area (Å²) in [4.78, 5) is 2.56. The SMILES string of the molecule is CN(CC(C)(C)CNC(C)(C)C)C1CCSC1. The second-order valence-corrected chi connectivity index (χ2v) is 8.35. The molecule has 1 heterocycles. The quantitative estimate of drug-likeness (QED) is 0.816. The van der Waals surface area contributed by atoms with Gasteiger partial charge in [-0.1, -0.05) is 13.8 Å². The second-order valence-electron chi connectivity index (χ2n) is 7.20. The highest BCUT2D eigenvalue weighted by atomic mass is 32.2. The minimum absolute atomic E-state index is 0.221. The van der Waals surface area contributed by atoms with Gasteiger partial charge in [0.05, 0.1) is 0 Å². The lowest BCUT2D eigenvalue weighted by molar-refractivity contribution is 0.160. The molecule has 1 fully saturated rings. The van der Waals surface area contributed by atoms with Crippen LogP contribution < -0.4 is 5.32 Å². The maximum absolute atomic E-state index is 3.63.